The molecule has 2 aromatic carbocycles. The number of halogens is 1. The highest BCUT2D eigenvalue weighted by molar-refractivity contribution is 9.10. The summed E-state index contributed by atoms with van der Waals surface area (Å²) in [4.78, 5) is 12.3. The summed E-state index contributed by atoms with van der Waals surface area (Å²) in [6.07, 6.45) is 0. The fourth-order valence-corrected chi connectivity index (χ4v) is 2.69. The van der Waals surface area contributed by atoms with E-state index < -0.39 is 4.92 Å². The Morgan fingerprint density at radius 2 is 1.90 bits per heavy atom. The van der Waals surface area contributed by atoms with Gasteiger partial charge in [-0.25, -0.2) is 0 Å². The molecule has 6 heteroatoms. The molecule has 2 aromatic rings. The number of rotatable bonds is 6. The molecule has 5 nitrogen and oxygen atoms in total. The third kappa shape index (κ3) is 4.03. The molecular weight excluding hydrogens is 336 g/mol. The summed E-state index contributed by atoms with van der Waals surface area (Å²) in [6.45, 7) is 1.08. The SMILES string of the molecule is O=[N+]([O-])c1ccc(N(CCO)Cc2ccccc2)c(Br)c1. The third-order valence-corrected chi connectivity index (χ3v) is 3.70. The maximum absolute atomic E-state index is 10.8. The summed E-state index contributed by atoms with van der Waals surface area (Å²) in [5, 5.41) is 20.0. The minimum atomic E-state index is -0.428. The lowest BCUT2D eigenvalue weighted by Crippen LogP contribution is -2.26. The van der Waals surface area contributed by atoms with E-state index in [0.29, 0.717) is 17.6 Å². The Morgan fingerprint density at radius 1 is 1.19 bits per heavy atom. The summed E-state index contributed by atoms with van der Waals surface area (Å²) in [5.41, 5.74) is 1.96. The number of benzene rings is 2. The highest BCUT2D eigenvalue weighted by atomic mass is 79.9. The molecule has 0 radical (unpaired) electrons. The van der Waals surface area contributed by atoms with Gasteiger partial charge >= 0.3 is 0 Å². The van der Waals surface area contributed by atoms with Gasteiger partial charge in [-0.15, -0.1) is 0 Å². The van der Waals surface area contributed by atoms with Crippen LogP contribution in [0.2, 0.25) is 0 Å². The molecule has 2 rings (SSSR count). The summed E-state index contributed by atoms with van der Waals surface area (Å²) in [6, 6.07) is 14.5. The minimum absolute atomic E-state index is 0.0102. The number of anilines is 1. The Labute approximate surface area is 131 Å². The van der Waals surface area contributed by atoms with Crippen LogP contribution in [-0.2, 0) is 6.54 Å². The normalized spacial score (nSPS) is 10.4. The lowest BCUT2D eigenvalue weighted by atomic mass is 10.2. The highest BCUT2D eigenvalue weighted by Gasteiger charge is 2.14. The van der Waals surface area contributed by atoms with Crippen LogP contribution in [0.4, 0.5) is 11.4 Å². The van der Waals surface area contributed by atoms with Crippen molar-refractivity contribution in [1.82, 2.24) is 0 Å². The van der Waals surface area contributed by atoms with Crippen LogP contribution >= 0.6 is 15.9 Å². The molecule has 0 aromatic heterocycles. The molecule has 0 saturated heterocycles. The zero-order chi connectivity index (χ0) is 15.2. The van der Waals surface area contributed by atoms with Crippen LogP contribution in [-0.4, -0.2) is 23.2 Å². The maximum atomic E-state index is 10.8. The van der Waals surface area contributed by atoms with E-state index >= 15 is 0 Å². The summed E-state index contributed by atoms with van der Waals surface area (Å²) >= 11 is 3.37. The first kappa shape index (κ1) is 15.5. The van der Waals surface area contributed by atoms with Crippen LogP contribution < -0.4 is 4.90 Å². The first-order valence-corrected chi connectivity index (χ1v) is 7.25. The Kier molecular flexibility index (Phi) is 5.30. The van der Waals surface area contributed by atoms with E-state index in [2.05, 4.69) is 15.9 Å². The van der Waals surface area contributed by atoms with Gasteiger partial charge < -0.3 is 10.0 Å². The molecule has 0 heterocycles. The van der Waals surface area contributed by atoms with Crippen LogP contribution in [0.1, 0.15) is 5.56 Å². The van der Waals surface area contributed by atoms with Crippen LogP contribution in [0.15, 0.2) is 53.0 Å². The van der Waals surface area contributed by atoms with Crippen molar-refractivity contribution in [2.24, 2.45) is 0 Å². The Balaban J connectivity index is 2.27. The second-order valence-corrected chi connectivity index (χ2v) is 5.38. The fourth-order valence-electron chi connectivity index (χ4n) is 2.08. The van der Waals surface area contributed by atoms with Gasteiger partial charge in [0.05, 0.1) is 17.2 Å². The predicted molar refractivity (Wildman–Crippen MR) is 85.4 cm³/mol. The van der Waals surface area contributed by atoms with E-state index in [9.17, 15) is 15.2 Å². The number of nitro benzene ring substituents is 1. The molecule has 0 aliphatic carbocycles. The molecule has 0 aliphatic rings. The summed E-state index contributed by atoms with van der Waals surface area (Å²) < 4.78 is 0.640. The second kappa shape index (κ2) is 7.19. The van der Waals surface area contributed by atoms with E-state index in [-0.39, 0.29) is 12.3 Å². The van der Waals surface area contributed by atoms with Crippen LogP contribution in [0.5, 0.6) is 0 Å². The highest BCUT2D eigenvalue weighted by Crippen LogP contribution is 2.31. The molecule has 0 aliphatic heterocycles. The third-order valence-electron chi connectivity index (χ3n) is 3.07. The molecular formula is C15H15BrN2O3. The predicted octanol–water partition coefficient (Wildman–Crippen LogP) is 3.36. The lowest BCUT2D eigenvalue weighted by Gasteiger charge is -2.25. The van der Waals surface area contributed by atoms with Gasteiger partial charge in [0.2, 0.25) is 0 Å². The zero-order valence-corrected chi connectivity index (χ0v) is 12.9. The number of nitrogens with zero attached hydrogens (tertiary/aromatic N) is 2. The molecule has 0 unspecified atom stereocenters. The van der Waals surface area contributed by atoms with Gasteiger partial charge in [-0.05, 0) is 27.6 Å². The molecule has 110 valence electrons. The average molecular weight is 351 g/mol. The van der Waals surface area contributed by atoms with Crippen molar-refractivity contribution >= 4 is 27.3 Å². The number of nitro groups is 1. The molecule has 0 spiro atoms. The Hall–Kier alpha value is -1.92. The summed E-state index contributed by atoms with van der Waals surface area (Å²) in [5.74, 6) is 0. The van der Waals surface area contributed by atoms with Gasteiger partial charge in [-0.2, -0.15) is 0 Å². The molecule has 21 heavy (non-hydrogen) atoms. The monoisotopic (exact) mass is 350 g/mol. The number of hydrogen-bond donors (Lipinski definition) is 1. The van der Waals surface area contributed by atoms with E-state index in [1.165, 1.54) is 12.1 Å². The Morgan fingerprint density at radius 3 is 2.48 bits per heavy atom. The molecule has 0 fully saturated rings. The molecule has 0 saturated carbocycles. The number of aliphatic hydroxyl groups excluding tert-OH is 1. The van der Waals surface area contributed by atoms with E-state index in [1.54, 1.807) is 6.07 Å². The van der Waals surface area contributed by atoms with Gasteiger partial charge in [-0.3, -0.25) is 10.1 Å². The van der Waals surface area contributed by atoms with Gasteiger partial charge in [0.1, 0.15) is 0 Å². The van der Waals surface area contributed by atoms with Crippen LogP contribution in [0, 0.1) is 10.1 Å². The second-order valence-electron chi connectivity index (χ2n) is 4.52. The van der Waals surface area contributed by atoms with Crippen LogP contribution in [0.3, 0.4) is 0 Å². The zero-order valence-electron chi connectivity index (χ0n) is 11.3. The molecule has 0 bridgehead atoms. The summed E-state index contributed by atoms with van der Waals surface area (Å²) in [7, 11) is 0. The molecule has 1 N–H and O–H groups in total. The topological polar surface area (TPSA) is 66.6 Å². The minimum Gasteiger partial charge on any atom is -0.395 e. The van der Waals surface area contributed by atoms with Crippen molar-refractivity contribution in [3.8, 4) is 0 Å². The van der Waals surface area contributed by atoms with Crippen molar-refractivity contribution in [2.45, 2.75) is 6.54 Å². The first-order valence-electron chi connectivity index (χ1n) is 6.45. The van der Waals surface area contributed by atoms with Gasteiger partial charge in [-0.1, -0.05) is 30.3 Å². The van der Waals surface area contributed by atoms with Gasteiger partial charge in [0.25, 0.3) is 5.69 Å². The number of aliphatic hydroxyl groups is 1. The van der Waals surface area contributed by atoms with E-state index in [1.807, 2.05) is 35.2 Å². The van der Waals surface area contributed by atoms with Gasteiger partial charge in [0.15, 0.2) is 0 Å². The smallest absolute Gasteiger partial charge is 0.270 e. The van der Waals surface area contributed by atoms with Crippen molar-refractivity contribution in [2.75, 3.05) is 18.1 Å². The number of hydrogen-bond acceptors (Lipinski definition) is 4. The van der Waals surface area contributed by atoms with Crippen LogP contribution in [0.25, 0.3) is 0 Å². The first-order chi connectivity index (χ1) is 10.1. The average Bonchev–Trinajstić information content (AvgIpc) is 2.48. The Bertz CT molecular complexity index is 620. The van der Waals surface area contributed by atoms with E-state index in [0.717, 1.165) is 11.3 Å². The lowest BCUT2D eigenvalue weighted by molar-refractivity contribution is -0.384. The van der Waals surface area contributed by atoms with Crippen molar-refractivity contribution < 1.29 is 10.0 Å². The largest absolute Gasteiger partial charge is 0.395 e. The van der Waals surface area contributed by atoms with E-state index in [4.69, 9.17) is 0 Å². The standard InChI is InChI=1S/C15H15BrN2O3/c16-14-10-13(18(20)21)6-7-15(14)17(8-9-19)11-12-4-2-1-3-5-12/h1-7,10,19H,8-9,11H2. The van der Waals surface area contributed by atoms with Crippen molar-refractivity contribution in [3.63, 3.8) is 0 Å². The van der Waals surface area contributed by atoms with Crippen molar-refractivity contribution in [1.29, 1.82) is 0 Å². The quantitative estimate of drug-likeness (QED) is 0.640. The molecule has 0 atom stereocenters. The fraction of sp³-hybridized carbons (Fsp3) is 0.200. The maximum Gasteiger partial charge on any atom is 0.270 e. The van der Waals surface area contributed by atoms with Crippen molar-refractivity contribution in [3.05, 3.63) is 68.7 Å². The molecule has 0 amide bonds. The number of non-ortho nitro benzene ring substituents is 1. The van der Waals surface area contributed by atoms with Gasteiger partial charge in [0, 0.05) is 29.7 Å².